The van der Waals surface area contributed by atoms with Crippen molar-refractivity contribution in [1.82, 2.24) is 9.97 Å². The highest BCUT2D eigenvalue weighted by Gasteiger charge is 2.12. The number of nitrogens with one attached hydrogen (secondary N) is 2. The molecule has 0 spiro atoms. The number of para-hydroxylation sites is 1. The molecule has 3 aromatic carbocycles. The van der Waals surface area contributed by atoms with Gasteiger partial charge in [-0.25, -0.2) is 4.98 Å². The Labute approximate surface area is 172 Å². The quantitative estimate of drug-likeness (QED) is 0.457. The fourth-order valence-electron chi connectivity index (χ4n) is 3.24. The molecule has 150 valence electrons. The number of fused-ring (bicyclic) bond motifs is 1. The number of imidazole rings is 1. The normalized spacial score (nSPS) is 10.7. The zero-order valence-corrected chi connectivity index (χ0v) is 16.3. The van der Waals surface area contributed by atoms with E-state index in [0.29, 0.717) is 28.1 Å². The van der Waals surface area contributed by atoms with Crippen LogP contribution >= 0.6 is 0 Å². The van der Waals surface area contributed by atoms with Gasteiger partial charge in [0.2, 0.25) is 0 Å². The van der Waals surface area contributed by atoms with E-state index in [1.807, 2.05) is 25.1 Å². The maximum Gasteiger partial charge on any atom is 0.255 e. The maximum atomic E-state index is 12.8. The van der Waals surface area contributed by atoms with Crippen LogP contribution in [0.25, 0.3) is 11.0 Å². The zero-order valence-electron chi connectivity index (χ0n) is 16.3. The summed E-state index contributed by atoms with van der Waals surface area (Å²) in [5.41, 5.74) is 10.2. The van der Waals surface area contributed by atoms with Crippen LogP contribution in [-0.4, -0.2) is 21.8 Å². The van der Waals surface area contributed by atoms with Crippen molar-refractivity contribution in [3.05, 3.63) is 89.2 Å². The highest BCUT2D eigenvalue weighted by Crippen LogP contribution is 2.23. The van der Waals surface area contributed by atoms with Gasteiger partial charge in [-0.15, -0.1) is 0 Å². The van der Waals surface area contributed by atoms with E-state index in [4.69, 9.17) is 10.5 Å². The van der Waals surface area contributed by atoms with Gasteiger partial charge in [-0.1, -0.05) is 24.3 Å². The summed E-state index contributed by atoms with van der Waals surface area (Å²) in [7, 11) is 0. The lowest BCUT2D eigenvalue weighted by Gasteiger charge is -2.11. The molecule has 0 saturated carbocycles. The molecule has 4 aromatic rings. The predicted octanol–water partition coefficient (Wildman–Crippen LogP) is 3.80. The van der Waals surface area contributed by atoms with Crippen LogP contribution in [0, 0.1) is 6.92 Å². The third kappa shape index (κ3) is 4.00. The van der Waals surface area contributed by atoms with Crippen LogP contribution in [0.5, 0.6) is 5.75 Å². The number of H-pyrrole nitrogens is 1. The van der Waals surface area contributed by atoms with Crippen molar-refractivity contribution in [3.63, 3.8) is 0 Å². The first-order valence-electron chi connectivity index (χ1n) is 9.37. The summed E-state index contributed by atoms with van der Waals surface area (Å²) in [6.07, 6.45) is 1.60. The van der Waals surface area contributed by atoms with Gasteiger partial charge in [0.1, 0.15) is 17.9 Å². The minimum atomic E-state index is -0.554. The number of rotatable bonds is 6. The van der Waals surface area contributed by atoms with Crippen LogP contribution in [-0.2, 0) is 6.61 Å². The van der Waals surface area contributed by atoms with Crippen LogP contribution in [0.1, 0.15) is 31.8 Å². The highest BCUT2D eigenvalue weighted by atomic mass is 16.5. The van der Waals surface area contributed by atoms with Gasteiger partial charge in [-0.2, -0.15) is 0 Å². The number of benzene rings is 3. The minimum absolute atomic E-state index is 0.194. The molecule has 30 heavy (non-hydrogen) atoms. The van der Waals surface area contributed by atoms with Crippen molar-refractivity contribution < 1.29 is 14.3 Å². The molecule has 0 fully saturated rings. The number of primary amides is 1. The molecule has 0 saturated heterocycles. The first-order valence-corrected chi connectivity index (χ1v) is 9.37. The largest absolute Gasteiger partial charge is 0.488 e. The Kier molecular flexibility index (Phi) is 5.17. The van der Waals surface area contributed by atoms with Crippen LogP contribution < -0.4 is 15.8 Å². The van der Waals surface area contributed by atoms with Gasteiger partial charge in [0, 0.05) is 5.56 Å². The number of ether oxygens (including phenoxy) is 1. The number of nitrogens with zero attached hydrogens (tertiary/aromatic N) is 1. The number of carbonyl (C=O) groups excluding carboxylic acids is 2. The Hall–Kier alpha value is -4.13. The lowest BCUT2D eigenvalue weighted by Crippen LogP contribution is -2.14. The van der Waals surface area contributed by atoms with E-state index < -0.39 is 5.91 Å². The van der Waals surface area contributed by atoms with Crippen LogP contribution in [0.4, 0.5) is 5.69 Å². The summed E-state index contributed by atoms with van der Waals surface area (Å²) in [5, 5.41) is 2.93. The molecule has 0 aliphatic heterocycles. The van der Waals surface area contributed by atoms with E-state index in [2.05, 4.69) is 15.3 Å². The maximum absolute atomic E-state index is 12.8. The third-order valence-corrected chi connectivity index (χ3v) is 4.65. The Morgan fingerprint density at radius 2 is 1.93 bits per heavy atom. The molecular formula is C23H20N4O3. The van der Waals surface area contributed by atoms with Gasteiger partial charge in [-0.3, -0.25) is 9.59 Å². The number of hydrogen-bond donors (Lipinski definition) is 3. The van der Waals surface area contributed by atoms with Gasteiger partial charge in [-0.05, 0) is 54.4 Å². The number of aromatic amines is 1. The molecule has 0 unspecified atom stereocenters. The second-order valence-corrected chi connectivity index (χ2v) is 6.91. The number of carbonyl (C=O) groups is 2. The number of amides is 2. The number of aryl methyl sites for hydroxylation is 1. The highest BCUT2D eigenvalue weighted by molar-refractivity contribution is 6.08. The van der Waals surface area contributed by atoms with Crippen molar-refractivity contribution >= 4 is 28.5 Å². The van der Waals surface area contributed by atoms with Crippen LogP contribution in [0.3, 0.4) is 0 Å². The third-order valence-electron chi connectivity index (χ3n) is 4.65. The second kappa shape index (κ2) is 8.08. The van der Waals surface area contributed by atoms with E-state index in [-0.39, 0.29) is 12.5 Å². The summed E-state index contributed by atoms with van der Waals surface area (Å²) in [5.74, 6) is -0.397. The van der Waals surface area contributed by atoms with Crippen molar-refractivity contribution in [2.75, 3.05) is 5.32 Å². The molecule has 0 aliphatic rings. The van der Waals surface area contributed by atoms with Gasteiger partial charge in [0.05, 0.1) is 23.1 Å². The Morgan fingerprint density at radius 3 is 2.77 bits per heavy atom. The topological polar surface area (TPSA) is 110 Å². The van der Waals surface area contributed by atoms with Crippen molar-refractivity contribution in [2.45, 2.75) is 13.5 Å². The summed E-state index contributed by atoms with van der Waals surface area (Å²) in [6, 6.07) is 17.8. The first-order chi connectivity index (χ1) is 14.5. The molecule has 0 bridgehead atoms. The fraction of sp³-hybridized carbons (Fsp3) is 0.0870. The molecule has 0 aliphatic carbocycles. The van der Waals surface area contributed by atoms with Crippen molar-refractivity contribution in [1.29, 1.82) is 0 Å². The van der Waals surface area contributed by atoms with Gasteiger partial charge >= 0.3 is 0 Å². The molecular weight excluding hydrogens is 380 g/mol. The van der Waals surface area contributed by atoms with E-state index in [0.717, 1.165) is 16.6 Å². The average molecular weight is 400 g/mol. The van der Waals surface area contributed by atoms with Gasteiger partial charge < -0.3 is 20.8 Å². The lowest BCUT2D eigenvalue weighted by molar-refractivity contribution is 0.0994. The summed E-state index contributed by atoms with van der Waals surface area (Å²) < 4.78 is 5.75. The molecule has 4 rings (SSSR count). The first kappa shape index (κ1) is 19.2. The van der Waals surface area contributed by atoms with Crippen LogP contribution in [0.15, 0.2) is 67.0 Å². The zero-order chi connectivity index (χ0) is 21.1. The van der Waals surface area contributed by atoms with E-state index in [1.165, 1.54) is 0 Å². The number of hydrogen-bond acceptors (Lipinski definition) is 4. The summed E-state index contributed by atoms with van der Waals surface area (Å²) >= 11 is 0. The SMILES string of the molecule is Cc1cc(NC(=O)c2cccc(COc3ccccc3C(N)=O)c2)c2nc[nH]c2c1. The summed E-state index contributed by atoms with van der Waals surface area (Å²) in [4.78, 5) is 31.7. The molecule has 2 amide bonds. The van der Waals surface area contributed by atoms with E-state index in [9.17, 15) is 9.59 Å². The molecule has 0 atom stereocenters. The Morgan fingerprint density at radius 1 is 1.10 bits per heavy atom. The number of anilines is 1. The predicted molar refractivity (Wildman–Crippen MR) is 115 cm³/mol. The smallest absolute Gasteiger partial charge is 0.255 e. The standard InChI is InChI=1S/C23H20N4O3/c1-14-9-18-21(26-13-25-18)19(10-14)27-23(29)16-6-4-5-15(11-16)12-30-20-8-3-2-7-17(20)22(24)28/h2-11,13H,12H2,1H3,(H2,24,28)(H,25,26)(H,27,29). The summed E-state index contributed by atoms with van der Waals surface area (Å²) in [6.45, 7) is 2.15. The van der Waals surface area contributed by atoms with Crippen molar-refractivity contribution in [3.8, 4) is 5.75 Å². The second-order valence-electron chi connectivity index (χ2n) is 6.91. The molecule has 1 heterocycles. The number of nitrogens with two attached hydrogens (primary N) is 1. The lowest BCUT2D eigenvalue weighted by atomic mass is 10.1. The molecule has 4 N–H and O–H groups in total. The number of aromatic nitrogens is 2. The molecule has 0 radical (unpaired) electrons. The van der Waals surface area contributed by atoms with Crippen LogP contribution in [0.2, 0.25) is 0 Å². The average Bonchev–Trinajstić information content (AvgIpc) is 3.21. The van der Waals surface area contributed by atoms with E-state index in [1.54, 1.807) is 48.8 Å². The Bertz CT molecular complexity index is 1250. The van der Waals surface area contributed by atoms with E-state index >= 15 is 0 Å². The fourth-order valence-corrected chi connectivity index (χ4v) is 3.24. The Balaban J connectivity index is 1.51. The van der Waals surface area contributed by atoms with Crippen molar-refractivity contribution in [2.24, 2.45) is 5.73 Å². The van der Waals surface area contributed by atoms with Gasteiger partial charge in [0.15, 0.2) is 0 Å². The molecule has 1 aromatic heterocycles. The molecule has 7 heteroatoms. The minimum Gasteiger partial charge on any atom is -0.488 e. The molecule has 7 nitrogen and oxygen atoms in total. The monoisotopic (exact) mass is 400 g/mol. The van der Waals surface area contributed by atoms with Gasteiger partial charge in [0.25, 0.3) is 11.8 Å².